The highest BCUT2D eigenvalue weighted by molar-refractivity contribution is 9.11. The first-order valence-electron chi connectivity index (χ1n) is 8.27. The molecule has 3 rings (SSSR count). The molecule has 2 aromatic carbocycles. The molecule has 0 bridgehead atoms. The summed E-state index contributed by atoms with van der Waals surface area (Å²) < 4.78 is 12.0. The third-order valence-corrected chi connectivity index (χ3v) is 5.55. The molecule has 0 saturated heterocycles. The highest BCUT2D eigenvalue weighted by Gasteiger charge is 2.28. The van der Waals surface area contributed by atoms with Gasteiger partial charge in [-0.3, -0.25) is 0 Å². The molecular weight excluding hydrogens is 492 g/mol. The number of halogens is 2. The molecule has 2 aromatic rings. The van der Waals surface area contributed by atoms with E-state index >= 15 is 0 Å². The summed E-state index contributed by atoms with van der Waals surface area (Å²) in [4.78, 5) is 13.0. The summed E-state index contributed by atoms with van der Waals surface area (Å²) in [5.41, 5.74) is 2.65. The lowest BCUT2D eigenvalue weighted by molar-refractivity contribution is 0.0500. The van der Waals surface area contributed by atoms with E-state index in [1.165, 1.54) is 0 Å². The minimum absolute atomic E-state index is 0.117. The van der Waals surface area contributed by atoms with E-state index in [0.29, 0.717) is 17.9 Å². The van der Waals surface area contributed by atoms with Crippen molar-refractivity contribution in [3.05, 3.63) is 68.2 Å². The fourth-order valence-corrected chi connectivity index (χ4v) is 4.46. The van der Waals surface area contributed by atoms with Gasteiger partial charge in [0.05, 0.1) is 26.2 Å². The van der Waals surface area contributed by atoms with Crippen molar-refractivity contribution < 1.29 is 19.4 Å². The van der Waals surface area contributed by atoms with Crippen molar-refractivity contribution in [2.24, 2.45) is 0 Å². The van der Waals surface area contributed by atoms with Crippen LogP contribution in [0.4, 0.5) is 5.69 Å². The molecule has 6 nitrogen and oxygen atoms in total. The minimum Gasteiger partial charge on any atom is -0.478 e. The van der Waals surface area contributed by atoms with Crippen LogP contribution in [0.3, 0.4) is 0 Å². The molecule has 1 N–H and O–H groups in total. The fraction of sp³-hybridized carbons (Fsp3) is 0.200. The van der Waals surface area contributed by atoms with E-state index in [4.69, 9.17) is 14.6 Å². The van der Waals surface area contributed by atoms with Crippen molar-refractivity contribution in [2.75, 3.05) is 25.3 Å². The van der Waals surface area contributed by atoms with Gasteiger partial charge in [-0.25, -0.2) is 4.79 Å². The smallest absolute Gasteiger partial charge is 0.335 e. The molecule has 0 spiro atoms. The molecule has 0 saturated carbocycles. The van der Waals surface area contributed by atoms with E-state index in [1.54, 1.807) is 37.6 Å². The highest BCUT2D eigenvalue weighted by Crippen LogP contribution is 2.40. The van der Waals surface area contributed by atoms with E-state index in [-0.39, 0.29) is 18.3 Å². The number of aromatic carboxylic acids is 1. The predicted molar refractivity (Wildman–Crippen MR) is 112 cm³/mol. The summed E-state index contributed by atoms with van der Waals surface area (Å²) in [6.45, 7) is 0.704. The summed E-state index contributed by atoms with van der Waals surface area (Å²) in [6.07, 6.45) is 1.80. The molecule has 0 amide bonds. The molecule has 0 aliphatic carbocycles. The third kappa shape index (κ3) is 4.22. The van der Waals surface area contributed by atoms with E-state index in [0.717, 1.165) is 20.2 Å². The molecule has 1 heterocycles. The first-order valence-corrected chi connectivity index (χ1v) is 9.85. The van der Waals surface area contributed by atoms with Gasteiger partial charge in [-0.15, -0.1) is 0 Å². The summed E-state index contributed by atoms with van der Waals surface area (Å²) in [5.74, 6) is -0.454. The zero-order chi connectivity index (χ0) is 20.3. The number of methoxy groups -OCH3 is 1. The zero-order valence-corrected chi connectivity index (χ0v) is 18.0. The molecule has 1 unspecified atom stereocenters. The van der Waals surface area contributed by atoms with Crippen LogP contribution in [-0.2, 0) is 4.74 Å². The Morgan fingerprint density at radius 3 is 2.46 bits per heavy atom. The van der Waals surface area contributed by atoms with Gasteiger partial charge in [0.2, 0.25) is 0 Å². The number of carboxylic acid groups (broad SMARTS) is 1. The van der Waals surface area contributed by atoms with Gasteiger partial charge in [0.25, 0.3) is 0 Å². The first-order chi connectivity index (χ1) is 13.4. The number of ether oxygens (including phenoxy) is 2. The van der Waals surface area contributed by atoms with E-state index in [1.807, 2.05) is 17.0 Å². The lowest BCUT2D eigenvalue weighted by Crippen LogP contribution is -2.17. The minimum atomic E-state index is -0.968. The Bertz CT molecular complexity index is 944. The fourth-order valence-electron chi connectivity index (χ4n) is 3.01. The number of nitrogens with zero attached hydrogens (tertiary/aromatic N) is 2. The zero-order valence-electron chi connectivity index (χ0n) is 14.9. The lowest BCUT2D eigenvalue weighted by atomic mass is 9.94. The summed E-state index contributed by atoms with van der Waals surface area (Å²) in [5, 5.41) is 18.6. The number of carbonyl (C=O) groups is 1. The number of hydrogen-bond acceptors (Lipinski definition) is 5. The maximum absolute atomic E-state index is 11.0. The van der Waals surface area contributed by atoms with Crippen LogP contribution >= 0.6 is 31.9 Å². The van der Waals surface area contributed by atoms with Crippen LogP contribution in [0, 0.1) is 11.3 Å². The van der Waals surface area contributed by atoms with Crippen LogP contribution in [0.25, 0.3) is 0 Å². The van der Waals surface area contributed by atoms with Gasteiger partial charge in [0.1, 0.15) is 0 Å². The van der Waals surface area contributed by atoms with Crippen LogP contribution < -0.4 is 9.64 Å². The Labute approximate surface area is 179 Å². The van der Waals surface area contributed by atoms with Crippen LogP contribution in [0.1, 0.15) is 21.8 Å². The Hall–Kier alpha value is -2.34. The SMILES string of the molecule is COCOc1c(Br)cc(C2CN(c3ccc(C(=O)O)cc3)C=C2C#N)cc1Br. The molecule has 144 valence electrons. The van der Waals surface area contributed by atoms with Gasteiger partial charge in [0, 0.05) is 31.5 Å². The van der Waals surface area contributed by atoms with Crippen molar-refractivity contribution in [1.82, 2.24) is 0 Å². The predicted octanol–water partition coefficient (Wildman–Crippen LogP) is 4.90. The molecule has 1 aliphatic rings. The largest absolute Gasteiger partial charge is 0.478 e. The molecular formula is C20H16Br2N2O4. The first kappa shape index (κ1) is 20.4. The number of rotatable bonds is 6. The number of benzene rings is 2. The van der Waals surface area contributed by atoms with Crippen molar-refractivity contribution in [3.8, 4) is 11.8 Å². The normalized spacial score (nSPS) is 15.9. The van der Waals surface area contributed by atoms with E-state index in [2.05, 4.69) is 37.9 Å². The average Bonchev–Trinajstić information content (AvgIpc) is 3.12. The van der Waals surface area contributed by atoms with Crippen LogP contribution in [0.5, 0.6) is 5.75 Å². The Morgan fingerprint density at radius 2 is 1.93 bits per heavy atom. The van der Waals surface area contributed by atoms with E-state index < -0.39 is 5.97 Å². The quantitative estimate of drug-likeness (QED) is 0.559. The summed E-state index contributed by atoms with van der Waals surface area (Å²) >= 11 is 7.03. The second kappa shape index (κ2) is 8.78. The Balaban J connectivity index is 1.87. The second-order valence-electron chi connectivity index (χ2n) is 6.12. The monoisotopic (exact) mass is 506 g/mol. The average molecular weight is 508 g/mol. The maximum Gasteiger partial charge on any atom is 0.335 e. The summed E-state index contributed by atoms with van der Waals surface area (Å²) in [7, 11) is 1.55. The number of hydrogen-bond donors (Lipinski definition) is 1. The highest BCUT2D eigenvalue weighted by atomic mass is 79.9. The molecule has 1 aliphatic heterocycles. The van der Waals surface area contributed by atoms with Crippen molar-refractivity contribution in [1.29, 1.82) is 5.26 Å². The second-order valence-corrected chi connectivity index (χ2v) is 7.83. The lowest BCUT2D eigenvalue weighted by Gasteiger charge is -2.19. The number of nitriles is 1. The maximum atomic E-state index is 11.0. The van der Waals surface area contributed by atoms with Gasteiger partial charge >= 0.3 is 5.97 Å². The molecule has 0 radical (unpaired) electrons. The van der Waals surface area contributed by atoms with Gasteiger partial charge in [-0.2, -0.15) is 5.26 Å². The number of carboxylic acids is 1. The standard InChI is InChI=1S/C20H16Br2N2O4/c1-27-11-28-19-17(21)6-13(7-18(19)22)16-10-24(9-14(16)8-23)15-4-2-12(3-5-15)20(25)26/h2-7,9,16H,10-11H2,1H3,(H,25,26). The van der Waals surface area contributed by atoms with E-state index in [9.17, 15) is 10.1 Å². The van der Waals surface area contributed by atoms with Crippen LogP contribution in [0.2, 0.25) is 0 Å². The summed E-state index contributed by atoms with van der Waals surface area (Å²) in [6, 6.07) is 12.7. The van der Waals surface area contributed by atoms with Gasteiger partial charge in [0.15, 0.2) is 12.5 Å². The molecule has 28 heavy (non-hydrogen) atoms. The molecule has 1 atom stereocenters. The van der Waals surface area contributed by atoms with Gasteiger partial charge in [-0.05, 0) is 73.8 Å². The third-order valence-electron chi connectivity index (χ3n) is 4.37. The molecule has 8 heteroatoms. The van der Waals surface area contributed by atoms with Crippen molar-refractivity contribution in [2.45, 2.75) is 5.92 Å². The van der Waals surface area contributed by atoms with Gasteiger partial charge < -0.3 is 19.5 Å². The Morgan fingerprint density at radius 1 is 1.29 bits per heavy atom. The van der Waals surface area contributed by atoms with Gasteiger partial charge in [-0.1, -0.05) is 0 Å². The Kier molecular flexibility index (Phi) is 6.39. The number of anilines is 1. The molecule has 0 aromatic heterocycles. The van der Waals surface area contributed by atoms with Crippen LogP contribution in [0.15, 0.2) is 57.1 Å². The molecule has 0 fully saturated rings. The van der Waals surface area contributed by atoms with Crippen molar-refractivity contribution in [3.63, 3.8) is 0 Å². The van der Waals surface area contributed by atoms with Crippen LogP contribution in [-0.4, -0.2) is 31.5 Å². The topological polar surface area (TPSA) is 82.8 Å². The van der Waals surface area contributed by atoms with Crippen molar-refractivity contribution >= 4 is 43.5 Å².